The van der Waals surface area contributed by atoms with Crippen LogP contribution in [0.1, 0.15) is 0 Å². The minimum Gasteiger partial charge on any atom is -0.338 e. The highest BCUT2D eigenvalue weighted by atomic mass is 35.5. The number of hydrogen-bond acceptors (Lipinski definition) is 3. The number of aromatic amines is 1. The zero-order chi connectivity index (χ0) is 15.7. The average molecular weight is 334 g/mol. The van der Waals surface area contributed by atoms with Gasteiger partial charge in [-0.2, -0.15) is 0 Å². The van der Waals surface area contributed by atoms with E-state index < -0.39 is 4.92 Å². The molecule has 22 heavy (non-hydrogen) atoms. The second-order valence-corrected chi connectivity index (χ2v) is 5.39. The van der Waals surface area contributed by atoms with E-state index in [9.17, 15) is 10.1 Å². The van der Waals surface area contributed by atoms with Crippen LogP contribution >= 0.6 is 23.2 Å². The lowest BCUT2D eigenvalue weighted by atomic mass is 10.1. The maximum absolute atomic E-state index is 11.2. The fourth-order valence-corrected chi connectivity index (χ4v) is 2.51. The van der Waals surface area contributed by atoms with Crippen molar-refractivity contribution in [1.29, 1.82) is 0 Å². The van der Waals surface area contributed by atoms with Gasteiger partial charge in [0, 0.05) is 11.1 Å². The molecule has 0 saturated heterocycles. The highest BCUT2D eigenvalue weighted by molar-refractivity contribution is 6.33. The lowest BCUT2D eigenvalue weighted by molar-refractivity contribution is -0.384. The predicted molar refractivity (Wildman–Crippen MR) is 86.1 cm³/mol. The highest BCUT2D eigenvalue weighted by Gasteiger charge is 2.21. The van der Waals surface area contributed by atoms with Crippen LogP contribution in [0.15, 0.2) is 48.7 Å². The summed E-state index contributed by atoms with van der Waals surface area (Å²) in [6, 6.07) is 11.7. The van der Waals surface area contributed by atoms with Crippen LogP contribution in [0.4, 0.5) is 5.69 Å². The summed E-state index contributed by atoms with van der Waals surface area (Å²) in [5.41, 5.74) is 1.78. The quantitative estimate of drug-likeness (QED) is 0.543. The zero-order valence-electron chi connectivity index (χ0n) is 11.1. The normalized spacial score (nSPS) is 10.6. The Hall–Kier alpha value is -2.37. The summed E-state index contributed by atoms with van der Waals surface area (Å²) in [6.07, 6.45) is 1.60. The summed E-state index contributed by atoms with van der Waals surface area (Å²) in [7, 11) is 0. The van der Waals surface area contributed by atoms with Crippen LogP contribution < -0.4 is 0 Å². The number of nitrogens with zero attached hydrogens (tertiary/aromatic N) is 2. The lowest BCUT2D eigenvalue weighted by Crippen LogP contribution is -1.93. The Balaban J connectivity index is 2.08. The SMILES string of the molecule is O=[N+]([O-])c1cccc(Cl)c1-c1ncc(-c2ccc(Cl)cc2)[nH]1. The second kappa shape index (κ2) is 5.79. The Morgan fingerprint density at radius 1 is 1.09 bits per heavy atom. The van der Waals surface area contributed by atoms with Crippen LogP contribution in [-0.4, -0.2) is 14.9 Å². The van der Waals surface area contributed by atoms with Crippen molar-refractivity contribution in [3.8, 4) is 22.6 Å². The third kappa shape index (κ3) is 2.68. The third-order valence-corrected chi connectivity index (χ3v) is 3.72. The monoisotopic (exact) mass is 333 g/mol. The smallest absolute Gasteiger partial charge is 0.281 e. The molecule has 0 aliphatic rings. The third-order valence-electron chi connectivity index (χ3n) is 3.16. The molecule has 5 nitrogen and oxygen atoms in total. The minimum atomic E-state index is -0.480. The number of H-pyrrole nitrogens is 1. The molecule has 0 atom stereocenters. The fraction of sp³-hybridized carbons (Fsp3) is 0. The average Bonchev–Trinajstić information content (AvgIpc) is 2.97. The van der Waals surface area contributed by atoms with Crippen molar-refractivity contribution in [2.45, 2.75) is 0 Å². The van der Waals surface area contributed by atoms with Gasteiger partial charge in [-0.3, -0.25) is 10.1 Å². The predicted octanol–water partition coefficient (Wildman–Crippen LogP) is 4.96. The fourth-order valence-electron chi connectivity index (χ4n) is 2.12. The molecule has 1 aromatic heterocycles. The van der Waals surface area contributed by atoms with Crippen molar-refractivity contribution in [2.75, 3.05) is 0 Å². The van der Waals surface area contributed by atoms with Crippen LogP contribution in [0.2, 0.25) is 10.0 Å². The Bertz CT molecular complexity index is 844. The van der Waals surface area contributed by atoms with E-state index >= 15 is 0 Å². The van der Waals surface area contributed by atoms with E-state index in [1.54, 1.807) is 24.4 Å². The number of imidazole rings is 1. The molecule has 0 spiro atoms. The first-order chi connectivity index (χ1) is 10.6. The molecule has 0 aliphatic heterocycles. The molecular weight excluding hydrogens is 325 g/mol. The molecule has 0 unspecified atom stereocenters. The van der Waals surface area contributed by atoms with Gasteiger partial charge in [-0.1, -0.05) is 41.4 Å². The molecule has 2 aromatic carbocycles. The van der Waals surface area contributed by atoms with Gasteiger partial charge in [0.1, 0.15) is 11.4 Å². The largest absolute Gasteiger partial charge is 0.338 e. The van der Waals surface area contributed by atoms with Gasteiger partial charge in [-0.25, -0.2) is 4.98 Å². The highest BCUT2D eigenvalue weighted by Crippen LogP contribution is 2.35. The molecule has 110 valence electrons. The molecule has 1 N–H and O–H groups in total. The summed E-state index contributed by atoms with van der Waals surface area (Å²) < 4.78 is 0. The van der Waals surface area contributed by atoms with Crippen molar-refractivity contribution in [3.05, 3.63) is 68.8 Å². The van der Waals surface area contributed by atoms with Gasteiger partial charge in [0.25, 0.3) is 5.69 Å². The van der Waals surface area contributed by atoms with Crippen molar-refractivity contribution < 1.29 is 4.92 Å². The standard InChI is InChI=1S/C15H9Cl2N3O2/c16-10-6-4-9(5-7-10)12-8-18-15(19-12)14-11(17)2-1-3-13(14)20(21)22/h1-8H,(H,18,19). The Morgan fingerprint density at radius 2 is 1.82 bits per heavy atom. The Kier molecular flexibility index (Phi) is 3.83. The van der Waals surface area contributed by atoms with Crippen molar-refractivity contribution in [3.63, 3.8) is 0 Å². The molecule has 0 fully saturated rings. The number of nitro groups is 1. The van der Waals surface area contributed by atoms with Gasteiger partial charge in [0.05, 0.1) is 21.8 Å². The Labute approximate surface area is 135 Å². The van der Waals surface area contributed by atoms with E-state index in [4.69, 9.17) is 23.2 Å². The van der Waals surface area contributed by atoms with E-state index in [1.165, 1.54) is 12.1 Å². The first kappa shape index (κ1) is 14.6. The van der Waals surface area contributed by atoms with Gasteiger partial charge in [0.2, 0.25) is 0 Å². The Morgan fingerprint density at radius 3 is 2.50 bits per heavy atom. The summed E-state index contributed by atoms with van der Waals surface area (Å²) in [6.45, 7) is 0. The topological polar surface area (TPSA) is 71.8 Å². The van der Waals surface area contributed by atoms with Crippen LogP contribution in [-0.2, 0) is 0 Å². The van der Waals surface area contributed by atoms with Gasteiger partial charge >= 0.3 is 0 Å². The van der Waals surface area contributed by atoms with Crippen LogP contribution in [0, 0.1) is 10.1 Å². The van der Waals surface area contributed by atoms with Gasteiger partial charge in [-0.05, 0) is 23.8 Å². The molecule has 0 aliphatic carbocycles. The maximum atomic E-state index is 11.2. The molecular formula is C15H9Cl2N3O2. The summed E-state index contributed by atoms with van der Waals surface area (Å²) >= 11 is 12.0. The number of halogens is 2. The second-order valence-electron chi connectivity index (χ2n) is 4.54. The van der Waals surface area contributed by atoms with Gasteiger partial charge in [0.15, 0.2) is 0 Å². The minimum absolute atomic E-state index is 0.0930. The molecule has 0 saturated carbocycles. The van der Waals surface area contributed by atoms with Gasteiger partial charge in [-0.15, -0.1) is 0 Å². The summed E-state index contributed by atoms with van der Waals surface area (Å²) in [5, 5.41) is 12.1. The van der Waals surface area contributed by atoms with Crippen molar-refractivity contribution in [2.24, 2.45) is 0 Å². The summed E-state index contributed by atoms with van der Waals surface area (Å²) in [5.74, 6) is 0.349. The molecule has 3 aromatic rings. The zero-order valence-corrected chi connectivity index (χ0v) is 12.6. The van der Waals surface area contributed by atoms with E-state index in [1.807, 2.05) is 12.1 Å². The number of benzene rings is 2. The van der Waals surface area contributed by atoms with Gasteiger partial charge < -0.3 is 4.98 Å². The van der Waals surface area contributed by atoms with E-state index in [-0.39, 0.29) is 16.3 Å². The number of aromatic nitrogens is 2. The summed E-state index contributed by atoms with van der Waals surface area (Å²) in [4.78, 5) is 17.9. The van der Waals surface area contributed by atoms with E-state index in [0.29, 0.717) is 10.8 Å². The van der Waals surface area contributed by atoms with Crippen LogP contribution in [0.5, 0.6) is 0 Å². The maximum Gasteiger partial charge on any atom is 0.281 e. The molecule has 0 amide bonds. The lowest BCUT2D eigenvalue weighted by Gasteiger charge is -2.02. The number of nitro benzene ring substituents is 1. The number of nitrogens with one attached hydrogen (secondary N) is 1. The molecule has 0 bridgehead atoms. The van der Waals surface area contributed by atoms with Crippen LogP contribution in [0.3, 0.4) is 0 Å². The van der Waals surface area contributed by atoms with Crippen molar-refractivity contribution >= 4 is 28.9 Å². The van der Waals surface area contributed by atoms with E-state index in [0.717, 1.165) is 11.3 Å². The van der Waals surface area contributed by atoms with E-state index in [2.05, 4.69) is 9.97 Å². The molecule has 1 heterocycles. The number of hydrogen-bond donors (Lipinski definition) is 1. The molecule has 0 radical (unpaired) electrons. The van der Waals surface area contributed by atoms with Crippen LogP contribution in [0.25, 0.3) is 22.6 Å². The first-order valence-electron chi connectivity index (χ1n) is 6.30. The first-order valence-corrected chi connectivity index (χ1v) is 7.06. The number of rotatable bonds is 3. The molecule has 3 rings (SSSR count). The molecule has 7 heteroatoms. The van der Waals surface area contributed by atoms with Crippen molar-refractivity contribution in [1.82, 2.24) is 9.97 Å².